The first-order valence-electron chi connectivity index (χ1n) is 5.20. The molecule has 0 aliphatic heterocycles. The van der Waals surface area contributed by atoms with Gasteiger partial charge in [0.15, 0.2) is 0 Å². The van der Waals surface area contributed by atoms with Crippen molar-refractivity contribution in [2.24, 2.45) is 5.92 Å². The molecule has 0 aromatic heterocycles. The molecule has 0 spiro atoms. The third kappa shape index (κ3) is 2.16. The third-order valence-corrected chi connectivity index (χ3v) is 3.38. The monoisotopic (exact) mass is 192 g/mol. The summed E-state index contributed by atoms with van der Waals surface area (Å²) in [6, 6.07) is 10.4. The fourth-order valence-corrected chi connectivity index (χ4v) is 1.73. The molecule has 2 atom stereocenters. The van der Waals surface area contributed by atoms with Crippen LogP contribution in [0.25, 0.3) is 0 Å². The molecule has 1 N–H and O–H groups in total. The van der Waals surface area contributed by atoms with Crippen molar-refractivity contribution in [1.29, 1.82) is 0 Å². The maximum Gasteiger partial charge on any atom is 0.0545 e. The second-order valence-electron chi connectivity index (χ2n) is 4.62. The normalized spacial score (nSPS) is 16.4. The van der Waals surface area contributed by atoms with Crippen LogP contribution >= 0.6 is 0 Å². The highest BCUT2D eigenvalue weighted by atomic mass is 16.3. The zero-order valence-electron chi connectivity index (χ0n) is 9.49. The Morgan fingerprint density at radius 2 is 1.57 bits per heavy atom. The van der Waals surface area contributed by atoms with Crippen molar-refractivity contribution in [3.63, 3.8) is 0 Å². The highest BCUT2D eigenvalue weighted by Gasteiger charge is 2.30. The molecule has 1 aromatic rings. The molecule has 2 unspecified atom stereocenters. The van der Waals surface area contributed by atoms with Gasteiger partial charge in [0.1, 0.15) is 0 Å². The fourth-order valence-electron chi connectivity index (χ4n) is 1.73. The van der Waals surface area contributed by atoms with Gasteiger partial charge < -0.3 is 5.11 Å². The average Bonchev–Trinajstić information content (AvgIpc) is 2.18. The van der Waals surface area contributed by atoms with E-state index in [0.717, 1.165) is 0 Å². The van der Waals surface area contributed by atoms with Crippen molar-refractivity contribution in [1.82, 2.24) is 0 Å². The molecule has 1 heteroatoms. The zero-order chi connectivity index (χ0) is 10.8. The van der Waals surface area contributed by atoms with Crippen LogP contribution in [0, 0.1) is 5.92 Å². The lowest BCUT2D eigenvalue weighted by molar-refractivity contribution is 0.0935. The molecule has 1 nitrogen and oxygen atoms in total. The van der Waals surface area contributed by atoms with E-state index < -0.39 is 0 Å². The minimum atomic E-state index is -0.273. The van der Waals surface area contributed by atoms with Crippen LogP contribution in [0.2, 0.25) is 0 Å². The van der Waals surface area contributed by atoms with Gasteiger partial charge in [-0.15, -0.1) is 0 Å². The largest absolute Gasteiger partial charge is 0.393 e. The minimum absolute atomic E-state index is 0.0232. The lowest BCUT2D eigenvalue weighted by atomic mass is 9.72. The number of benzene rings is 1. The number of hydrogen-bond acceptors (Lipinski definition) is 1. The summed E-state index contributed by atoms with van der Waals surface area (Å²) in [5.41, 5.74) is 1.31. The van der Waals surface area contributed by atoms with Crippen LogP contribution in [0.15, 0.2) is 30.3 Å². The first kappa shape index (κ1) is 11.3. The molecule has 1 rings (SSSR count). The van der Waals surface area contributed by atoms with Crippen LogP contribution in [-0.4, -0.2) is 11.2 Å². The van der Waals surface area contributed by atoms with Gasteiger partial charge >= 0.3 is 0 Å². The highest BCUT2D eigenvalue weighted by molar-refractivity contribution is 5.24. The van der Waals surface area contributed by atoms with Gasteiger partial charge in [0.25, 0.3) is 0 Å². The zero-order valence-corrected chi connectivity index (χ0v) is 9.49. The van der Waals surface area contributed by atoms with Gasteiger partial charge in [-0.3, -0.25) is 0 Å². The van der Waals surface area contributed by atoms with Crippen molar-refractivity contribution in [3.8, 4) is 0 Å². The lowest BCUT2D eigenvalue weighted by Gasteiger charge is -2.34. The predicted octanol–water partition coefficient (Wildman–Crippen LogP) is 2.98. The predicted molar refractivity (Wildman–Crippen MR) is 60.3 cm³/mol. The van der Waals surface area contributed by atoms with Gasteiger partial charge in [0.05, 0.1) is 6.10 Å². The maximum absolute atomic E-state index is 9.62. The van der Waals surface area contributed by atoms with E-state index >= 15 is 0 Å². The molecule has 0 saturated heterocycles. The van der Waals surface area contributed by atoms with Crippen LogP contribution in [0.5, 0.6) is 0 Å². The number of rotatable bonds is 3. The van der Waals surface area contributed by atoms with Crippen molar-refractivity contribution in [3.05, 3.63) is 35.9 Å². The van der Waals surface area contributed by atoms with Crippen LogP contribution in [0.4, 0.5) is 0 Å². The van der Waals surface area contributed by atoms with Crippen molar-refractivity contribution < 1.29 is 5.11 Å². The topological polar surface area (TPSA) is 20.2 Å². The van der Waals surface area contributed by atoms with E-state index in [9.17, 15) is 5.11 Å². The van der Waals surface area contributed by atoms with E-state index in [0.29, 0.717) is 0 Å². The summed E-state index contributed by atoms with van der Waals surface area (Å²) >= 11 is 0. The molecule has 14 heavy (non-hydrogen) atoms. The van der Waals surface area contributed by atoms with Crippen molar-refractivity contribution >= 4 is 0 Å². The van der Waals surface area contributed by atoms with E-state index in [1.54, 1.807) is 0 Å². The van der Waals surface area contributed by atoms with Gasteiger partial charge in [-0.05, 0) is 23.8 Å². The molecule has 0 aliphatic carbocycles. The maximum atomic E-state index is 9.62. The summed E-state index contributed by atoms with van der Waals surface area (Å²) in [6.07, 6.45) is -0.273. The van der Waals surface area contributed by atoms with E-state index in [1.165, 1.54) is 5.56 Å². The standard InChI is InChI=1S/C13H20O/c1-10(11(2)14)13(3,4)12-8-6-5-7-9-12/h5-11,14H,1-4H3. The van der Waals surface area contributed by atoms with Gasteiger partial charge in [0, 0.05) is 0 Å². The Kier molecular flexibility index (Phi) is 3.33. The third-order valence-electron chi connectivity index (χ3n) is 3.38. The molecule has 0 bridgehead atoms. The summed E-state index contributed by atoms with van der Waals surface area (Å²) in [7, 11) is 0. The van der Waals surface area contributed by atoms with Crippen molar-refractivity contribution in [2.45, 2.75) is 39.2 Å². The Hall–Kier alpha value is -0.820. The molecule has 0 fully saturated rings. The van der Waals surface area contributed by atoms with E-state index in [4.69, 9.17) is 0 Å². The Balaban J connectivity index is 2.96. The summed E-state index contributed by atoms with van der Waals surface area (Å²) in [6.45, 7) is 8.31. The van der Waals surface area contributed by atoms with Gasteiger partial charge in [-0.1, -0.05) is 51.1 Å². The fraction of sp³-hybridized carbons (Fsp3) is 0.538. The summed E-state index contributed by atoms with van der Waals surface area (Å²) in [5, 5.41) is 9.62. The lowest BCUT2D eigenvalue weighted by Crippen LogP contribution is -2.33. The van der Waals surface area contributed by atoms with Gasteiger partial charge in [0.2, 0.25) is 0 Å². The Bertz CT molecular complexity index is 275. The average molecular weight is 192 g/mol. The molecule has 0 aliphatic rings. The quantitative estimate of drug-likeness (QED) is 0.780. The number of aliphatic hydroxyl groups excluding tert-OH is 1. The summed E-state index contributed by atoms with van der Waals surface area (Å²) < 4.78 is 0. The van der Waals surface area contributed by atoms with E-state index in [2.05, 4.69) is 32.9 Å². The Morgan fingerprint density at radius 1 is 1.07 bits per heavy atom. The molecule has 78 valence electrons. The molecule has 0 saturated carbocycles. The van der Waals surface area contributed by atoms with Crippen LogP contribution in [0.3, 0.4) is 0 Å². The second-order valence-corrected chi connectivity index (χ2v) is 4.62. The highest BCUT2D eigenvalue weighted by Crippen LogP contribution is 2.33. The van der Waals surface area contributed by atoms with Crippen LogP contribution in [-0.2, 0) is 5.41 Å². The Morgan fingerprint density at radius 3 is 2.00 bits per heavy atom. The molecule has 0 heterocycles. The molecular formula is C13H20O. The molecule has 1 aromatic carbocycles. The first-order valence-corrected chi connectivity index (χ1v) is 5.20. The SMILES string of the molecule is CC(O)C(C)C(C)(C)c1ccccc1. The van der Waals surface area contributed by atoms with Gasteiger partial charge in [-0.25, -0.2) is 0 Å². The van der Waals surface area contributed by atoms with E-state index in [1.807, 2.05) is 25.1 Å². The van der Waals surface area contributed by atoms with E-state index in [-0.39, 0.29) is 17.4 Å². The number of hydrogen-bond donors (Lipinski definition) is 1. The Labute approximate surface area is 86.8 Å². The number of aliphatic hydroxyl groups is 1. The minimum Gasteiger partial charge on any atom is -0.393 e. The molecule has 0 amide bonds. The summed E-state index contributed by atoms with van der Waals surface area (Å²) in [5.74, 6) is 0.255. The smallest absolute Gasteiger partial charge is 0.0545 e. The second kappa shape index (κ2) is 4.14. The summed E-state index contributed by atoms with van der Waals surface area (Å²) in [4.78, 5) is 0. The van der Waals surface area contributed by atoms with Crippen molar-refractivity contribution in [2.75, 3.05) is 0 Å². The van der Waals surface area contributed by atoms with Crippen LogP contribution < -0.4 is 0 Å². The molecular weight excluding hydrogens is 172 g/mol. The molecule has 0 radical (unpaired) electrons. The van der Waals surface area contributed by atoms with Crippen LogP contribution in [0.1, 0.15) is 33.3 Å². The van der Waals surface area contributed by atoms with Gasteiger partial charge in [-0.2, -0.15) is 0 Å². The first-order chi connectivity index (χ1) is 6.46.